The number of hydrogen-bond acceptors (Lipinski definition) is 4. The molecule has 21 heavy (non-hydrogen) atoms. The van der Waals surface area contributed by atoms with E-state index in [1.54, 1.807) is 11.8 Å². The summed E-state index contributed by atoms with van der Waals surface area (Å²) in [6.07, 6.45) is 1.85. The van der Waals surface area contributed by atoms with Gasteiger partial charge in [0, 0.05) is 12.2 Å². The monoisotopic (exact) mass is 298 g/mol. The molecule has 3 aromatic rings. The summed E-state index contributed by atoms with van der Waals surface area (Å²) in [6.45, 7) is 4.21. The van der Waals surface area contributed by atoms with E-state index in [1.807, 2.05) is 25.4 Å². The number of pyridine rings is 1. The fraction of sp³-hybridized carbons (Fsp3) is 0.250. The van der Waals surface area contributed by atoms with Crippen molar-refractivity contribution in [3.05, 3.63) is 47.7 Å². The van der Waals surface area contributed by atoms with Gasteiger partial charge in [0.25, 0.3) is 0 Å². The molecule has 0 radical (unpaired) electrons. The Balaban J connectivity index is 1.87. The normalized spacial score (nSPS) is 12.7. The van der Waals surface area contributed by atoms with Crippen LogP contribution in [-0.2, 0) is 0 Å². The number of hydrogen-bond donors (Lipinski definition) is 2. The average molecular weight is 298 g/mol. The van der Waals surface area contributed by atoms with Gasteiger partial charge in [-0.25, -0.2) is 9.97 Å². The van der Waals surface area contributed by atoms with Crippen molar-refractivity contribution in [3.63, 3.8) is 0 Å². The lowest BCUT2D eigenvalue weighted by Gasteiger charge is -2.10. The maximum atomic E-state index is 4.60. The topological polar surface area (TPSA) is 53.6 Å². The molecule has 1 atom stereocenters. The second kappa shape index (κ2) is 5.87. The van der Waals surface area contributed by atoms with E-state index in [4.69, 9.17) is 0 Å². The Labute approximate surface area is 128 Å². The summed E-state index contributed by atoms with van der Waals surface area (Å²) in [5.41, 5.74) is 4.51. The SMILES string of the molecule is CNC(C)c1ccnc(Sc2nc3ccc(C)cc3[nH]2)c1. The predicted octanol–water partition coefficient (Wildman–Crippen LogP) is 3.70. The highest BCUT2D eigenvalue weighted by Crippen LogP contribution is 2.27. The largest absolute Gasteiger partial charge is 0.333 e. The van der Waals surface area contributed by atoms with Gasteiger partial charge in [-0.05, 0) is 68.0 Å². The van der Waals surface area contributed by atoms with Crippen molar-refractivity contribution >= 4 is 22.8 Å². The number of nitrogens with one attached hydrogen (secondary N) is 2. The maximum absolute atomic E-state index is 4.60. The molecule has 4 nitrogen and oxygen atoms in total. The Bertz CT molecular complexity index is 766. The van der Waals surface area contributed by atoms with Crippen molar-refractivity contribution in [1.29, 1.82) is 0 Å². The first-order chi connectivity index (χ1) is 10.2. The van der Waals surface area contributed by atoms with Crippen molar-refractivity contribution in [3.8, 4) is 0 Å². The first-order valence-corrected chi connectivity index (χ1v) is 7.75. The Hall–Kier alpha value is -1.85. The first-order valence-electron chi connectivity index (χ1n) is 6.93. The second-order valence-corrected chi connectivity index (χ2v) is 6.11. The number of fused-ring (bicyclic) bond motifs is 1. The zero-order chi connectivity index (χ0) is 14.8. The fourth-order valence-corrected chi connectivity index (χ4v) is 2.98. The van der Waals surface area contributed by atoms with Gasteiger partial charge in [0.2, 0.25) is 0 Å². The van der Waals surface area contributed by atoms with E-state index < -0.39 is 0 Å². The van der Waals surface area contributed by atoms with Crippen LogP contribution in [0.25, 0.3) is 11.0 Å². The minimum atomic E-state index is 0.311. The van der Waals surface area contributed by atoms with Gasteiger partial charge in [0.15, 0.2) is 5.16 Å². The molecule has 2 aromatic heterocycles. The van der Waals surface area contributed by atoms with E-state index in [2.05, 4.69) is 52.3 Å². The van der Waals surface area contributed by atoms with E-state index in [1.165, 1.54) is 11.1 Å². The van der Waals surface area contributed by atoms with Crippen molar-refractivity contribution in [2.24, 2.45) is 0 Å². The van der Waals surface area contributed by atoms with Crippen LogP contribution < -0.4 is 5.32 Å². The minimum Gasteiger partial charge on any atom is -0.333 e. The third-order valence-electron chi connectivity index (χ3n) is 3.51. The van der Waals surface area contributed by atoms with E-state index >= 15 is 0 Å². The van der Waals surface area contributed by atoms with Crippen molar-refractivity contribution in [1.82, 2.24) is 20.3 Å². The molecule has 0 aliphatic rings. The fourth-order valence-electron chi connectivity index (χ4n) is 2.16. The molecule has 0 spiro atoms. The minimum absolute atomic E-state index is 0.311. The lowest BCUT2D eigenvalue weighted by molar-refractivity contribution is 0.649. The lowest BCUT2D eigenvalue weighted by atomic mass is 10.1. The van der Waals surface area contributed by atoms with Crippen LogP contribution in [0.3, 0.4) is 0 Å². The second-order valence-electron chi connectivity index (χ2n) is 5.10. The highest BCUT2D eigenvalue weighted by atomic mass is 32.2. The number of rotatable bonds is 4. The Morgan fingerprint density at radius 2 is 2.10 bits per heavy atom. The number of aromatic amines is 1. The van der Waals surface area contributed by atoms with Crippen LogP contribution in [0.5, 0.6) is 0 Å². The smallest absolute Gasteiger partial charge is 0.172 e. The highest BCUT2D eigenvalue weighted by molar-refractivity contribution is 7.99. The molecule has 0 saturated carbocycles. The highest BCUT2D eigenvalue weighted by Gasteiger charge is 2.08. The molecule has 0 amide bonds. The van der Waals surface area contributed by atoms with Gasteiger partial charge in [0.05, 0.1) is 11.0 Å². The van der Waals surface area contributed by atoms with Gasteiger partial charge in [-0.15, -0.1) is 0 Å². The summed E-state index contributed by atoms with van der Waals surface area (Å²) < 4.78 is 0. The number of H-pyrrole nitrogens is 1. The van der Waals surface area contributed by atoms with Crippen LogP contribution in [0.4, 0.5) is 0 Å². The van der Waals surface area contributed by atoms with Crippen LogP contribution in [0, 0.1) is 6.92 Å². The summed E-state index contributed by atoms with van der Waals surface area (Å²) >= 11 is 1.56. The Morgan fingerprint density at radius 1 is 1.24 bits per heavy atom. The molecule has 1 unspecified atom stereocenters. The van der Waals surface area contributed by atoms with Gasteiger partial charge in [0.1, 0.15) is 5.03 Å². The molecule has 0 fully saturated rings. The molecule has 0 aliphatic carbocycles. The van der Waals surface area contributed by atoms with Gasteiger partial charge in [-0.2, -0.15) is 0 Å². The number of nitrogens with zero attached hydrogens (tertiary/aromatic N) is 2. The molecule has 3 rings (SSSR count). The van der Waals surface area contributed by atoms with Crippen LogP contribution in [0.2, 0.25) is 0 Å². The molecule has 0 aliphatic heterocycles. The number of aryl methyl sites for hydroxylation is 1. The molecule has 1 aromatic carbocycles. The summed E-state index contributed by atoms with van der Waals surface area (Å²) in [5, 5.41) is 5.06. The van der Waals surface area contributed by atoms with Gasteiger partial charge >= 0.3 is 0 Å². The van der Waals surface area contributed by atoms with Crippen molar-refractivity contribution in [2.75, 3.05) is 7.05 Å². The number of benzene rings is 1. The van der Waals surface area contributed by atoms with Crippen LogP contribution >= 0.6 is 11.8 Å². The summed E-state index contributed by atoms with van der Waals surface area (Å²) in [5.74, 6) is 0. The van der Waals surface area contributed by atoms with E-state index in [0.29, 0.717) is 6.04 Å². The van der Waals surface area contributed by atoms with E-state index in [-0.39, 0.29) is 0 Å². The quantitative estimate of drug-likeness (QED) is 0.771. The van der Waals surface area contributed by atoms with E-state index in [9.17, 15) is 0 Å². The molecular formula is C16H18N4S. The molecule has 0 bridgehead atoms. The number of aromatic nitrogens is 3. The molecular weight excluding hydrogens is 280 g/mol. The van der Waals surface area contributed by atoms with Crippen molar-refractivity contribution in [2.45, 2.75) is 30.1 Å². The summed E-state index contributed by atoms with van der Waals surface area (Å²) in [7, 11) is 1.96. The number of imidazole rings is 1. The third kappa shape index (κ3) is 3.09. The average Bonchev–Trinajstić information content (AvgIpc) is 2.88. The van der Waals surface area contributed by atoms with E-state index in [0.717, 1.165) is 21.2 Å². The van der Waals surface area contributed by atoms with Crippen LogP contribution in [0.1, 0.15) is 24.1 Å². The Kier molecular flexibility index (Phi) is 3.94. The standard InChI is InChI=1S/C16H18N4S/c1-10-4-5-13-14(8-10)20-16(19-13)21-15-9-12(6-7-18-15)11(2)17-3/h4-9,11,17H,1-3H3,(H,19,20). The first kappa shape index (κ1) is 14.1. The lowest BCUT2D eigenvalue weighted by Crippen LogP contribution is -2.12. The third-order valence-corrected chi connectivity index (χ3v) is 4.33. The summed E-state index contributed by atoms with van der Waals surface area (Å²) in [6, 6.07) is 10.7. The van der Waals surface area contributed by atoms with Gasteiger partial charge < -0.3 is 10.3 Å². The molecule has 5 heteroatoms. The zero-order valence-electron chi connectivity index (χ0n) is 12.3. The Morgan fingerprint density at radius 3 is 2.90 bits per heavy atom. The van der Waals surface area contributed by atoms with Gasteiger partial charge in [-0.1, -0.05) is 6.07 Å². The van der Waals surface area contributed by atoms with Gasteiger partial charge in [-0.3, -0.25) is 0 Å². The molecule has 108 valence electrons. The van der Waals surface area contributed by atoms with Crippen molar-refractivity contribution < 1.29 is 0 Å². The molecule has 2 heterocycles. The molecule has 2 N–H and O–H groups in total. The maximum Gasteiger partial charge on any atom is 0.172 e. The van der Waals surface area contributed by atoms with Crippen LogP contribution in [-0.4, -0.2) is 22.0 Å². The predicted molar refractivity (Wildman–Crippen MR) is 86.7 cm³/mol. The summed E-state index contributed by atoms with van der Waals surface area (Å²) in [4.78, 5) is 12.4. The zero-order valence-corrected chi connectivity index (χ0v) is 13.2. The van der Waals surface area contributed by atoms with Crippen LogP contribution in [0.15, 0.2) is 46.7 Å². The molecule has 0 saturated heterocycles.